The Hall–Kier alpha value is -8.11. The number of para-hydroxylation sites is 2. The van der Waals surface area contributed by atoms with Crippen LogP contribution in [0.15, 0.2) is 212 Å². The first-order valence-electron chi connectivity index (χ1n) is 31.0. The van der Waals surface area contributed by atoms with Crippen LogP contribution in [0.1, 0.15) is 51.0 Å². The Morgan fingerprint density at radius 2 is 1.17 bits per heavy atom. The molecule has 5 nitrogen and oxygen atoms in total. The Labute approximate surface area is 447 Å². The summed E-state index contributed by atoms with van der Waals surface area (Å²) in [5.41, 5.74) is 2.54. The number of hydrogen-bond donors (Lipinski definition) is 0. The standard InChI is InChI=1S/C64H44N4O.Pt/c1-64(2,3)45-35-36-65-61(38-45)68-58-34-31-44(42-17-6-4-7-18-42)37-57(58)54-33-32-48(40-60(54)68)69-47-22-14-21-46(39-47)66-41-67-62-49(43-19-8-5-9-20-43)27-15-28-55(62)52-25-12-10-23-50(52)51-24-11-13-26-53(51)56-29-16-30-59(66)63(56)67;/h4-38H,1-3H3;/q-2;/i4D,5D,6D,7D,8D,9D,10D,11D,12D,13D,17D,18D,19D,20D,23D,24D,25D,26D;. The quantitative estimate of drug-likeness (QED) is 0.123. The van der Waals surface area contributed by atoms with Crippen molar-refractivity contribution in [1.82, 2.24) is 14.1 Å². The Kier molecular flexibility index (Phi) is 6.80. The number of benzene rings is 9. The van der Waals surface area contributed by atoms with Crippen molar-refractivity contribution in [3.8, 4) is 84.3 Å². The van der Waals surface area contributed by atoms with Gasteiger partial charge in [0.15, 0.2) is 0 Å². The first kappa shape index (κ1) is 27.8. The van der Waals surface area contributed by atoms with Gasteiger partial charge in [-0.15, -0.1) is 29.7 Å². The van der Waals surface area contributed by atoms with Crippen LogP contribution in [0.3, 0.4) is 0 Å². The predicted molar refractivity (Wildman–Crippen MR) is 279 cm³/mol. The number of fused-ring (bicyclic) bond motifs is 10. The van der Waals surface area contributed by atoms with Crippen molar-refractivity contribution in [1.29, 1.82) is 0 Å². The molecule has 0 saturated carbocycles. The van der Waals surface area contributed by atoms with Gasteiger partial charge in [0, 0.05) is 44.3 Å². The van der Waals surface area contributed by atoms with Crippen LogP contribution in [0.2, 0.25) is 0 Å². The zero-order valence-electron chi connectivity index (χ0n) is 55.3. The van der Waals surface area contributed by atoms with Crippen molar-refractivity contribution in [3.63, 3.8) is 0 Å². The topological polar surface area (TPSA) is 35.9 Å². The number of hydrogen-bond acceptors (Lipinski definition) is 2. The summed E-state index contributed by atoms with van der Waals surface area (Å²) >= 11 is 0. The number of ether oxygens (including phenoxy) is 1. The molecule has 0 N–H and O–H groups in total. The van der Waals surface area contributed by atoms with Crippen molar-refractivity contribution in [3.05, 3.63) is 236 Å². The van der Waals surface area contributed by atoms with E-state index < -0.39 is 96.7 Å². The molecule has 70 heavy (non-hydrogen) atoms. The van der Waals surface area contributed by atoms with Gasteiger partial charge in [0.1, 0.15) is 5.82 Å². The van der Waals surface area contributed by atoms with E-state index in [0.29, 0.717) is 44.4 Å². The van der Waals surface area contributed by atoms with Crippen LogP contribution in [0, 0.1) is 18.5 Å². The maximum Gasteiger partial charge on any atom is 0.268 e. The maximum absolute atomic E-state index is 9.57. The summed E-state index contributed by atoms with van der Waals surface area (Å²) in [6.45, 7) is 6.27. The molecule has 0 fully saturated rings. The number of rotatable bonds is 6. The molecule has 0 radical (unpaired) electrons. The van der Waals surface area contributed by atoms with Gasteiger partial charge < -0.3 is 13.9 Å². The summed E-state index contributed by atoms with van der Waals surface area (Å²) in [5, 5.41) is 1.36. The molecule has 1 aliphatic rings. The molecule has 0 amide bonds. The Balaban J connectivity index is 0.00000754. The molecule has 0 aliphatic carbocycles. The third kappa shape index (κ3) is 7.20. The first-order chi connectivity index (χ1) is 41.3. The average Bonchev–Trinajstić information content (AvgIpc) is 1.46. The second kappa shape index (κ2) is 17.1. The molecule has 0 saturated heterocycles. The Morgan fingerprint density at radius 3 is 1.91 bits per heavy atom. The van der Waals surface area contributed by atoms with Crippen LogP contribution in [0.4, 0.5) is 0 Å². The zero-order valence-corrected chi connectivity index (χ0v) is 39.6. The fraction of sp³-hybridized carbons (Fsp3) is 0.0625. The van der Waals surface area contributed by atoms with Crippen molar-refractivity contribution in [2.45, 2.75) is 26.2 Å². The number of aromatic nitrogens is 4. The van der Waals surface area contributed by atoms with Gasteiger partial charge in [0.2, 0.25) is 0 Å². The molecule has 338 valence electrons. The fourth-order valence-corrected chi connectivity index (χ4v) is 9.20. The molecule has 0 spiro atoms. The van der Waals surface area contributed by atoms with E-state index in [9.17, 15) is 8.22 Å². The minimum atomic E-state index is -0.675. The van der Waals surface area contributed by atoms with E-state index in [1.807, 2.05) is 28.8 Å². The molecule has 13 rings (SSSR count). The van der Waals surface area contributed by atoms with E-state index in [2.05, 4.69) is 39.2 Å². The van der Waals surface area contributed by atoms with Gasteiger partial charge in [-0.3, -0.25) is 4.57 Å². The molecule has 1 aliphatic heterocycles. The van der Waals surface area contributed by atoms with E-state index in [1.54, 1.807) is 71.4 Å². The fourth-order valence-electron chi connectivity index (χ4n) is 9.20. The SMILES string of the molecule is [2H]c1c([2H])c([2H])c(-c2ccc3c(c2)c2ccc(Oc4[c-]c(-n5[c-][n+]6c7c(cccc75)-c5c([2H])c([2H])c([2H])c([2H])c5-c5c([2H])c([2H])c([2H])c([2H])c5-c5cccc(-c7c([2H])c([2H])c([2H])c([2H])c7[2H])c5-6)ccc4)[c-]c2n3-c2cc(C(C)(C)C)ccn2)c([2H])c1[2H].[Pt]. The van der Waals surface area contributed by atoms with Gasteiger partial charge in [-0.2, -0.15) is 18.2 Å². The van der Waals surface area contributed by atoms with E-state index in [-0.39, 0.29) is 111 Å². The van der Waals surface area contributed by atoms with Crippen LogP contribution in [0.25, 0.3) is 106 Å². The molecule has 0 unspecified atom stereocenters. The zero-order chi connectivity index (χ0) is 61.9. The van der Waals surface area contributed by atoms with Gasteiger partial charge in [-0.1, -0.05) is 184 Å². The molecular weight excluding hydrogens is 1040 g/mol. The second-order valence-corrected chi connectivity index (χ2v) is 17.5. The largest absolute Gasteiger partial charge is 0.510 e. The molecule has 3 aromatic heterocycles. The molecular formula is C64H44N4OPt-2. The van der Waals surface area contributed by atoms with Gasteiger partial charge >= 0.3 is 0 Å². The van der Waals surface area contributed by atoms with Gasteiger partial charge in [0.05, 0.1) is 41.4 Å². The molecule has 4 heterocycles. The summed E-state index contributed by atoms with van der Waals surface area (Å²) in [7, 11) is 0. The van der Waals surface area contributed by atoms with Crippen LogP contribution < -0.4 is 9.30 Å². The summed E-state index contributed by atoms with van der Waals surface area (Å²) in [6.07, 6.45) is 5.14. The van der Waals surface area contributed by atoms with E-state index in [1.165, 1.54) is 16.7 Å². The Bertz CT molecular complexity index is 5020. The normalized spacial score (nSPS) is 15.4. The van der Waals surface area contributed by atoms with Crippen LogP contribution in [-0.4, -0.2) is 14.1 Å². The van der Waals surface area contributed by atoms with Crippen LogP contribution in [0.5, 0.6) is 11.5 Å². The Morgan fingerprint density at radius 1 is 0.543 bits per heavy atom. The smallest absolute Gasteiger partial charge is 0.268 e. The number of imidazole rings is 1. The van der Waals surface area contributed by atoms with Gasteiger partial charge in [-0.05, 0) is 95.9 Å². The van der Waals surface area contributed by atoms with E-state index in [4.69, 9.17) is 26.2 Å². The number of pyridine rings is 1. The van der Waals surface area contributed by atoms with Gasteiger partial charge in [0.25, 0.3) is 6.33 Å². The van der Waals surface area contributed by atoms with Crippen LogP contribution >= 0.6 is 0 Å². The monoisotopic (exact) mass is 1100 g/mol. The first-order valence-corrected chi connectivity index (χ1v) is 22.0. The van der Waals surface area contributed by atoms with Gasteiger partial charge in [-0.25, -0.2) is 4.98 Å². The number of nitrogens with zero attached hydrogens (tertiary/aromatic N) is 4. The third-order valence-electron chi connectivity index (χ3n) is 12.4. The third-order valence-corrected chi connectivity index (χ3v) is 12.4. The molecule has 0 bridgehead atoms. The second-order valence-electron chi connectivity index (χ2n) is 17.5. The van der Waals surface area contributed by atoms with Crippen molar-refractivity contribution in [2.24, 2.45) is 0 Å². The minimum absolute atomic E-state index is 0. The van der Waals surface area contributed by atoms with Crippen LogP contribution in [-0.2, 0) is 26.5 Å². The maximum atomic E-state index is 9.57. The predicted octanol–water partition coefficient (Wildman–Crippen LogP) is 15.5. The summed E-state index contributed by atoms with van der Waals surface area (Å²) in [5.74, 6) is 0.983. The summed E-state index contributed by atoms with van der Waals surface area (Å²) in [6, 6.07) is 24.2. The van der Waals surface area contributed by atoms with E-state index in [0.717, 1.165) is 5.56 Å². The van der Waals surface area contributed by atoms with E-state index >= 15 is 0 Å². The molecule has 0 atom stereocenters. The molecule has 6 heteroatoms. The average molecular weight is 1100 g/mol. The van der Waals surface area contributed by atoms with Crippen molar-refractivity contribution < 1.29 is 55.0 Å². The summed E-state index contributed by atoms with van der Waals surface area (Å²) < 4.78 is 173. The minimum Gasteiger partial charge on any atom is -0.510 e. The van der Waals surface area contributed by atoms with Crippen molar-refractivity contribution >= 4 is 32.8 Å². The summed E-state index contributed by atoms with van der Waals surface area (Å²) in [4.78, 5) is 4.81. The van der Waals surface area contributed by atoms with Crippen molar-refractivity contribution in [2.75, 3.05) is 0 Å². The molecule has 12 aromatic rings. The molecule has 9 aromatic carbocycles.